The SMILES string of the molecule is CC(C)c1ccc(-n2c3ccccc3c3ccccc32)cc1.CC(C)c1ccc2c(c1)c1ccccc1n2-c1ccccc1.CC(C)c1ccc2c3ccccc3n(-c3ccccc3)c2c1.CC(C)c1cccc2c1c1ccccc1n2-c1ccccc1.CC(C)c1cccc2c3ccccc3n(-c3ccccc3)c12.[C-]#[N+]c1cccc(C)c1C(C)C. The van der Waals surface area contributed by atoms with E-state index < -0.39 is 0 Å². The number of hydrogen-bond donors (Lipinski definition) is 0. The zero-order valence-corrected chi connectivity index (χ0v) is 72.5. The van der Waals surface area contributed by atoms with Gasteiger partial charge in [0, 0.05) is 82.3 Å². The average molecular weight is 1590 g/mol. The van der Waals surface area contributed by atoms with Crippen molar-refractivity contribution in [1.29, 1.82) is 0 Å². The van der Waals surface area contributed by atoms with Crippen LogP contribution in [0.25, 0.3) is 142 Å². The second-order valence-corrected chi connectivity index (χ2v) is 33.8. The molecule has 0 amide bonds. The molecule has 21 rings (SSSR count). The molecule has 21 aromatic rings. The molecule has 16 aromatic carbocycles. The van der Waals surface area contributed by atoms with Crippen LogP contribution in [0.15, 0.2) is 382 Å². The Morgan fingerprint density at radius 1 is 0.213 bits per heavy atom. The van der Waals surface area contributed by atoms with Crippen LogP contribution in [0, 0.1) is 13.5 Å². The third-order valence-electron chi connectivity index (χ3n) is 23.9. The van der Waals surface area contributed by atoms with Gasteiger partial charge in [0.1, 0.15) is 0 Å². The van der Waals surface area contributed by atoms with E-state index in [2.05, 4.69) is 488 Å². The number of fused-ring (bicyclic) bond motifs is 15. The van der Waals surface area contributed by atoms with Crippen LogP contribution in [0.2, 0.25) is 0 Å². The Kier molecular flexibility index (Phi) is 24.3. The quantitative estimate of drug-likeness (QED) is 0.116. The third-order valence-corrected chi connectivity index (χ3v) is 23.9. The van der Waals surface area contributed by atoms with Crippen LogP contribution < -0.4 is 0 Å². The fourth-order valence-electron chi connectivity index (χ4n) is 17.9. The number of rotatable bonds is 11. The summed E-state index contributed by atoms with van der Waals surface area (Å²) in [6, 6.07) is 136. The molecule has 6 nitrogen and oxygen atoms in total. The normalized spacial score (nSPS) is 11.4. The second-order valence-electron chi connectivity index (χ2n) is 33.8. The first-order valence-corrected chi connectivity index (χ1v) is 43.3. The van der Waals surface area contributed by atoms with E-state index in [1.807, 2.05) is 12.1 Å². The van der Waals surface area contributed by atoms with Crippen LogP contribution in [0.1, 0.15) is 158 Å². The van der Waals surface area contributed by atoms with E-state index >= 15 is 0 Å². The van der Waals surface area contributed by atoms with Crippen molar-refractivity contribution < 1.29 is 0 Å². The van der Waals surface area contributed by atoms with Gasteiger partial charge in [-0.1, -0.05) is 350 Å². The van der Waals surface area contributed by atoms with Crippen molar-refractivity contribution in [3.63, 3.8) is 0 Å². The molecule has 0 unspecified atom stereocenters. The fourth-order valence-corrected chi connectivity index (χ4v) is 17.9. The Balaban J connectivity index is 0.000000110. The zero-order valence-electron chi connectivity index (χ0n) is 72.5. The molecule has 0 bridgehead atoms. The molecule has 602 valence electrons. The Bertz CT molecular complexity index is 7140. The van der Waals surface area contributed by atoms with Crippen LogP contribution in [-0.4, -0.2) is 22.8 Å². The van der Waals surface area contributed by atoms with Gasteiger partial charge in [-0.2, -0.15) is 0 Å². The molecule has 0 spiro atoms. The highest BCUT2D eigenvalue weighted by Crippen LogP contribution is 2.42. The van der Waals surface area contributed by atoms with Gasteiger partial charge < -0.3 is 22.8 Å². The Hall–Kier alpha value is -14.0. The molecular weight excluding hydrogens is 1480 g/mol. The summed E-state index contributed by atoms with van der Waals surface area (Å²) in [6.07, 6.45) is 0. The van der Waals surface area contributed by atoms with E-state index in [1.54, 1.807) is 0 Å². The van der Waals surface area contributed by atoms with Crippen LogP contribution >= 0.6 is 0 Å². The van der Waals surface area contributed by atoms with Gasteiger partial charge in [-0.15, -0.1) is 0 Å². The smallest absolute Gasteiger partial charge is 0.190 e. The van der Waals surface area contributed by atoms with Crippen molar-refractivity contribution in [3.8, 4) is 28.4 Å². The first-order chi connectivity index (χ1) is 59.5. The van der Waals surface area contributed by atoms with Crippen LogP contribution in [0.3, 0.4) is 0 Å². The van der Waals surface area contributed by atoms with Gasteiger partial charge in [0.05, 0.1) is 61.7 Å². The van der Waals surface area contributed by atoms with E-state index in [4.69, 9.17) is 6.57 Å². The Labute approximate surface area is 719 Å². The standard InChI is InChI=1S/5C21H19N.C11H13N/c1-15(2)16-11-13-17(14-12-16)22-20-9-5-3-7-18(20)19-8-4-6-10-21(19)22;1-15(2)17-12-8-13-19-18-11-6-7-14-20(18)22(21(17)19)16-9-4-3-5-10-16;1-15(2)17-12-8-14-20-21(17)18-11-6-7-13-19(18)22(20)16-9-4-3-5-10-16;1-15(2)16-12-13-21-19(14-16)18-10-6-7-11-20(18)22(21)17-8-4-3-5-9-17;1-15(2)16-12-13-19-18-10-6-7-11-20(18)22(21(19)14-16)17-8-4-3-5-9-17;1-8(2)11-9(3)6-5-7-10(11)12-4/h5*3-15H,1-2H3;5-8H,1-3H3. The molecule has 0 saturated heterocycles. The summed E-state index contributed by atoms with van der Waals surface area (Å²) in [6.45, 7) is 35.8. The highest BCUT2D eigenvalue weighted by molar-refractivity contribution is 6.14. The van der Waals surface area contributed by atoms with Crippen LogP contribution in [-0.2, 0) is 0 Å². The van der Waals surface area contributed by atoms with E-state index in [0.717, 1.165) is 5.69 Å². The van der Waals surface area contributed by atoms with Gasteiger partial charge in [0.25, 0.3) is 0 Å². The molecule has 122 heavy (non-hydrogen) atoms. The van der Waals surface area contributed by atoms with Gasteiger partial charge in [-0.05, 0) is 197 Å². The van der Waals surface area contributed by atoms with Crippen LogP contribution in [0.4, 0.5) is 5.69 Å². The summed E-state index contributed by atoms with van der Waals surface area (Å²) < 4.78 is 11.9. The maximum atomic E-state index is 7.00. The monoisotopic (exact) mass is 1580 g/mol. The summed E-state index contributed by atoms with van der Waals surface area (Å²) in [5, 5.41) is 13.3. The summed E-state index contributed by atoms with van der Waals surface area (Å²) >= 11 is 0. The van der Waals surface area contributed by atoms with Crippen molar-refractivity contribution in [3.05, 3.63) is 433 Å². The average Bonchev–Trinajstić information content (AvgIpc) is 1.43. The summed E-state index contributed by atoms with van der Waals surface area (Å²) in [4.78, 5) is 3.50. The number of aryl methyl sites for hydroxylation is 1. The molecule has 5 heterocycles. The molecule has 0 radical (unpaired) electrons. The van der Waals surface area contributed by atoms with Crippen molar-refractivity contribution in [2.75, 3.05) is 0 Å². The predicted molar refractivity (Wildman–Crippen MR) is 526 cm³/mol. The fraction of sp³-hybridized carbons (Fsp3) is 0.164. The lowest BCUT2D eigenvalue weighted by Crippen LogP contribution is -1.97. The first kappa shape index (κ1) is 81.7. The van der Waals surface area contributed by atoms with Gasteiger partial charge in [-0.25, -0.2) is 4.85 Å². The molecule has 0 aliphatic heterocycles. The minimum Gasteiger partial charge on any atom is -0.309 e. The molecule has 5 aromatic heterocycles. The molecule has 0 N–H and O–H groups in total. The Morgan fingerprint density at radius 2 is 0.525 bits per heavy atom. The molecule has 0 atom stereocenters. The lowest BCUT2D eigenvalue weighted by Gasteiger charge is -2.13. The number of nitrogens with zero attached hydrogens (tertiary/aromatic N) is 6. The van der Waals surface area contributed by atoms with Gasteiger partial charge in [0.2, 0.25) is 0 Å². The van der Waals surface area contributed by atoms with E-state index in [0.29, 0.717) is 35.5 Å². The van der Waals surface area contributed by atoms with Crippen molar-refractivity contribution in [1.82, 2.24) is 22.8 Å². The number of aromatic nitrogens is 5. The summed E-state index contributed by atoms with van der Waals surface area (Å²) in [5.41, 5.74) is 29.1. The number of hydrogen-bond acceptors (Lipinski definition) is 0. The maximum absolute atomic E-state index is 7.00. The molecule has 0 saturated carbocycles. The lowest BCUT2D eigenvalue weighted by atomic mass is 9.96. The number of para-hydroxylation sites is 11. The number of benzene rings is 16. The van der Waals surface area contributed by atoms with Crippen molar-refractivity contribution >= 4 is 115 Å². The zero-order chi connectivity index (χ0) is 84.7. The largest absolute Gasteiger partial charge is 0.309 e. The van der Waals surface area contributed by atoms with Crippen molar-refractivity contribution in [2.45, 2.75) is 126 Å². The minimum absolute atomic E-state index is 0.440. The highest BCUT2D eigenvalue weighted by Gasteiger charge is 2.21. The summed E-state index contributed by atoms with van der Waals surface area (Å²) in [7, 11) is 0. The molecule has 0 aliphatic rings. The molecule has 0 fully saturated rings. The summed E-state index contributed by atoms with van der Waals surface area (Å²) in [5.74, 6) is 3.09. The van der Waals surface area contributed by atoms with E-state index in [-0.39, 0.29) is 0 Å². The maximum Gasteiger partial charge on any atom is 0.190 e. The first-order valence-electron chi connectivity index (χ1n) is 43.3. The van der Waals surface area contributed by atoms with Crippen molar-refractivity contribution in [2.24, 2.45) is 0 Å². The van der Waals surface area contributed by atoms with Gasteiger partial charge in [0.15, 0.2) is 5.69 Å². The molecule has 6 heteroatoms. The predicted octanol–water partition coefficient (Wildman–Crippen LogP) is 33.2. The lowest BCUT2D eigenvalue weighted by molar-refractivity contribution is 0.861. The highest BCUT2D eigenvalue weighted by atomic mass is 15.0. The van der Waals surface area contributed by atoms with Gasteiger partial charge in [-0.3, -0.25) is 0 Å². The van der Waals surface area contributed by atoms with E-state index in [1.165, 1.54) is 176 Å². The van der Waals surface area contributed by atoms with Crippen LogP contribution in [0.5, 0.6) is 0 Å². The van der Waals surface area contributed by atoms with Gasteiger partial charge >= 0.3 is 0 Å². The Morgan fingerprint density at radius 3 is 0.967 bits per heavy atom. The molecular formula is C116H108N6. The second kappa shape index (κ2) is 36.3. The van der Waals surface area contributed by atoms with E-state index in [9.17, 15) is 0 Å². The minimum atomic E-state index is 0.440. The third kappa shape index (κ3) is 16.3. The topological polar surface area (TPSA) is 29.0 Å². The molecule has 0 aliphatic carbocycles.